The van der Waals surface area contributed by atoms with Crippen LogP contribution in [0.4, 0.5) is 17.1 Å². The number of carboxylic acid groups (broad SMARTS) is 2. The summed E-state index contributed by atoms with van der Waals surface area (Å²) in [6, 6.07) is 28.9. The summed E-state index contributed by atoms with van der Waals surface area (Å²) < 4.78 is 41.1. The van der Waals surface area contributed by atoms with E-state index in [1.807, 2.05) is 0 Å². The van der Waals surface area contributed by atoms with Crippen molar-refractivity contribution in [1.82, 2.24) is 0 Å². The van der Waals surface area contributed by atoms with Crippen LogP contribution in [0.2, 0.25) is 0 Å². The number of nitrogens with one attached hydrogen (secondary N) is 1. The van der Waals surface area contributed by atoms with Gasteiger partial charge in [-0.2, -0.15) is 8.42 Å². The minimum Gasteiger partial charge on any atom is -0.478 e. The zero-order valence-electron chi connectivity index (χ0n) is 22.6. The normalized spacial score (nSPS) is 12.0. The molecule has 10 nitrogen and oxygen atoms in total. The van der Waals surface area contributed by atoms with E-state index in [-0.39, 0.29) is 21.6 Å². The Hall–Kier alpha value is -5.78. The first-order chi connectivity index (χ1) is 21.1. The number of aromatic carboxylic acids is 2. The van der Waals surface area contributed by atoms with Crippen molar-refractivity contribution in [3.05, 3.63) is 126 Å². The Morgan fingerprint density at radius 3 is 2.00 bits per heavy atom. The first-order valence-electron chi connectivity index (χ1n) is 13.1. The number of hydrogen-bond donors (Lipinski definition) is 4. The lowest BCUT2D eigenvalue weighted by Crippen LogP contribution is -2.05. The van der Waals surface area contributed by atoms with Crippen LogP contribution in [0.25, 0.3) is 33.4 Å². The third kappa shape index (κ3) is 5.64. The summed E-state index contributed by atoms with van der Waals surface area (Å²) in [6.07, 6.45) is 0. The van der Waals surface area contributed by atoms with Gasteiger partial charge in [0.25, 0.3) is 10.1 Å². The summed E-state index contributed by atoms with van der Waals surface area (Å²) >= 11 is 0. The van der Waals surface area contributed by atoms with Crippen LogP contribution in [0.5, 0.6) is 0 Å². The molecular formula is C33H22N2O8S. The van der Waals surface area contributed by atoms with E-state index in [1.54, 1.807) is 72.8 Å². The molecule has 0 radical (unpaired) electrons. The van der Waals surface area contributed by atoms with E-state index in [2.05, 4.69) is 10.3 Å². The lowest BCUT2D eigenvalue weighted by molar-refractivity contribution is 0.0686. The molecule has 4 N–H and O–H groups in total. The number of hydrogen-bond acceptors (Lipinski definition) is 7. The Kier molecular flexibility index (Phi) is 7.17. The van der Waals surface area contributed by atoms with Crippen LogP contribution in [0.3, 0.4) is 0 Å². The van der Waals surface area contributed by atoms with Gasteiger partial charge in [-0.3, -0.25) is 4.55 Å². The molecule has 4 aromatic rings. The van der Waals surface area contributed by atoms with E-state index in [0.717, 1.165) is 0 Å². The van der Waals surface area contributed by atoms with Gasteiger partial charge in [0.05, 0.1) is 22.2 Å². The fourth-order valence-corrected chi connectivity index (χ4v) is 5.60. The van der Waals surface area contributed by atoms with Crippen molar-refractivity contribution in [2.45, 2.75) is 4.90 Å². The Morgan fingerprint density at radius 1 is 0.705 bits per heavy atom. The largest absolute Gasteiger partial charge is 0.478 e. The molecular weight excluding hydrogens is 584 g/mol. The van der Waals surface area contributed by atoms with Crippen molar-refractivity contribution in [3.8, 4) is 22.5 Å². The molecule has 2 aliphatic rings. The molecule has 1 aliphatic carbocycles. The van der Waals surface area contributed by atoms with Gasteiger partial charge in [0.2, 0.25) is 0 Å². The molecule has 0 spiro atoms. The predicted molar refractivity (Wildman–Crippen MR) is 163 cm³/mol. The third-order valence-corrected chi connectivity index (χ3v) is 7.84. The lowest BCUT2D eigenvalue weighted by atomic mass is 9.93. The number of benzene rings is 5. The third-order valence-electron chi connectivity index (χ3n) is 6.93. The van der Waals surface area contributed by atoms with Gasteiger partial charge in [0.15, 0.2) is 0 Å². The molecule has 0 fully saturated rings. The summed E-state index contributed by atoms with van der Waals surface area (Å²) in [7, 11) is -4.58. The molecule has 0 atom stereocenters. The molecule has 6 rings (SSSR count). The van der Waals surface area contributed by atoms with Gasteiger partial charge in [-0.05, 0) is 78.9 Å². The molecule has 4 aromatic carbocycles. The summed E-state index contributed by atoms with van der Waals surface area (Å²) in [5.41, 5.74) is 3.83. The Labute approximate surface area is 250 Å². The Morgan fingerprint density at radius 2 is 1.34 bits per heavy atom. The molecule has 1 aliphatic heterocycles. The molecule has 0 amide bonds. The monoisotopic (exact) mass is 606 g/mol. The summed E-state index contributed by atoms with van der Waals surface area (Å²) in [5, 5.41) is 22.6. The molecule has 11 heteroatoms. The van der Waals surface area contributed by atoms with Crippen LogP contribution in [-0.4, -0.2) is 35.1 Å². The second kappa shape index (κ2) is 11.1. The van der Waals surface area contributed by atoms with Crippen molar-refractivity contribution in [3.63, 3.8) is 0 Å². The highest BCUT2D eigenvalue weighted by atomic mass is 32.2. The molecule has 0 saturated heterocycles. The number of carboxylic acids is 2. The molecule has 0 saturated carbocycles. The topological polar surface area (TPSA) is 166 Å². The fourth-order valence-electron chi connectivity index (χ4n) is 4.90. The van der Waals surface area contributed by atoms with E-state index >= 15 is 0 Å². The lowest BCUT2D eigenvalue weighted by Gasteiger charge is -2.18. The van der Waals surface area contributed by atoms with Crippen LogP contribution in [-0.2, 0) is 10.1 Å². The van der Waals surface area contributed by atoms with E-state index in [1.165, 1.54) is 36.4 Å². The number of anilines is 2. The molecule has 0 unspecified atom stereocenters. The van der Waals surface area contributed by atoms with Crippen molar-refractivity contribution in [2.75, 3.05) is 5.32 Å². The van der Waals surface area contributed by atoms with Crippen molar-refractivity contribution in [1.29, 1.82) is 0 Å². The standard InChI is InChI=1S/C33H22N2O8S/c36-32(37)19-5-9-21(10-6-19)34-23-13-15-25-28(17-23)43-29-18-24(35-22-11-7-20(8-12-22)33(38)39)14-16-26(29)31(25)27-3-1-2-4-30(27)44(40,41)42/h1-18,34H,(H,36,37)(H,38,39)(H,40,41,42). The van der Waals surface area contributed by atoms with Crippen LogP contribution in [0.15, 0.2) is 123 Å². The fraction of sp³-hybridized carbons (Fsp3) is 0. The maximum atomic E-state index is 12.4. The van der Waals surface area contributed by atoms with E-state index < -0.39 is 22.1 Å². The summed E-state index contributed by atoms with van der Waals surface area (Å²) in [6.45, 7) is 0. The van der Waals surface area contributed by atoms with Gasteiger partial charge >= 0.3 is 11.9 Å². The first-order valence-corrected chi connectivity index (χ1v) is 14.6. The van der Waals surface area contributed by atoms with Gasteiger partial charge in [0.1, 0.15) is 16.2 Å². The molecule has 0 bridgehead atoms. The van der Waals surface area contributed by atoms with Gasteiger partial charge in [0, 0.05) is 45.6 Å². The van der Waals surface area contributed by atoms with Crippen LogP contribution in [0.1, 0.15) is 20.7 Å². The molecule has 0 aromatic heterocycles. The van der Waals surface area contributed by atoms with Gasteiger partial charge < -0.3 is 19.9 Å². The van der Waals surface area contributed by atoms with Crippen LogP contribution < -0.4 is 10.7 Å². The highest BCUT2D eigenvalue weighted by Gasteiger charge is 2.23. The highest BCUT2D eigenvalue weighted by Crippen LogP contribution is 2.42. The zero-order valence-corrected chi connectivity index (χ0v) is 23.4. The van der Waals surface area contributed by atoms with Crippen molar-refractivity contribution in [2.24, 2.45) is 4.99 Å². The van der Waals surface area contributed by atoms with Crippen LogP contribution in [0, 0.1) is 0 Å². The van der Waals surface area contributed by atoms with Gasteiger partial charge in [-0.25, -0.2) is 14.6 Å². The van der Waals surface area contributed by atoms with Gasteiger partial charge in [-0.15, -0.1) is 0 Å². The van der Waals surface area contributed by atoms with E-state index in [9.17, 15) is 32.8 Å². The van der Waals surface area contributed by atoms with E-state index in [0.29, 0.717) is 50.3 Å². The maximum absolute atomic E-state index is 12.4. The number of carbonyl (C=O) groups is 2. The number of nitrogens with zero attached hydrogens (tertiary/aromatic N) is 1. The number of fused-ring (bicyclic) bond motifs is 2. The molecule has 44 heavy (non-hydrogen) atoms. The second-order valence-corrected chi connectivity index (χ2v) is 11.2. The highest BCUT2D eigenvalue weighted by molar-refractivity contribution is 7.86. The second-order valence-electron chi connectivity index (χ2n) is 9.81. The number of rotatable bonds is 7. The minimum absolute atomic E-state index is 0.133. The molecule has 218 valence electrons. The van der Waals surface area contributed by atoms with E-state index in [4.69, 9.17) is 4.42 Å². The van der Waals surface area contributed by atoms with Gasteiger partial charge in [-0.1, -0.05) is 18.2 Å². The van der Waals surface area contributed by atoms with Crippen LogP contribution >= 0.6 is 0 Å². The quantitative estimate of drug-likeness (QED) is 0.113. The molecule has 1 heterocycles. The predicted octanol–water partition coefficient (Wildman–Crippen LogP) is 6.82. The summed E-state index contributed by atoms with van der Waals surface area (Å²) in [5.74, 6) is -1.70. The maximum Gasteiger partial charge on any atom is 0.335 e. The average Bonchev–Trinajstić information content (AvgIpc) is 3.00. The van der Waals surface area contributed by atoms with Crippen molar-refractivity contribution >= 4 is 50.1 Å². The summed E-state index contributed by atoms with van der Waals surface area (Å²) in [4.78, 5) is 26.7. The zero-order chi connectivity index (χ0) is 31.0. The smallest absolute Gasteiger partial charge is 0.335 e. The average molecular weight is 607 g/mol. The van der Waals surface area contributed by atoms with Crippen molar-refractivity contribution < 1.29 is 37.2 Å². The SMILES string of the molecule is O=C(O)c1ccc(N=c2ccc3c(-c4ccccc4S(=O)(=O)O)c4ccc(Nc5ccc(C(=O)O)cc5)cc4oc-3c2)cc1. The first kappa shape index (κ1) is 28.3. The Bertz CT molecular complexity index is 2220. The minimum atomic E-state index is -4.58. The Balaban J connectivity index is 1.54.